The predicted octanol–water partition coefficient (Wildman–Crippen LogP) is 3.77. The van der Waals surface area contributed by atoms with Crippen molar-refractivity contribution in [1.29, 1.82) is 0 Å². The maximum atomic E-state index is 5.36. The van der Waals surface area contributed by atoms with Gasteiger partial charge in [-0.1, -0.05) is 49.3 Å². The van der Waals surface area contributed by atoms with Gasteiger partial charge >= 0.3 is 0 Å². The van der Waals surface area contributed by atoms with Crippen LogP contribution in [0.4, 0.5) is 0 Å². The van der Waals surface area contributed by atoms with Crippen LogP contribution in [0.2, 0.25) is 0 Å². The molecule has 2 nitrogen and oxygen atoms in total. The van der Waals surface area contributed by atoms with Crippen LogP contribution in [0.3, 0.4) is 0 Å². The number of nitrogens with zero attached hydrogens (tertiary/aromatic N) is 1. The maximum Gasteiger partial charge on any atom is 0.147 e. The fraction of sp³-hybridized carbons (Fsp3) is 0.308. The Kier molecular flexibility index (Phi) is 2.58. The summed E-state index contributed by atoms with van der Waals surface area (Å²) in [6, 6.07) is 10.3. The van der Waals surface area contributed by atoms with Gasteiger partial charge in [-0.2, -0.15) is 0 Å². The molecule has 0 spiro atoms. The van der Waals surface area contributed by atoms with Crippen molar-refractivity contribution in [3.05, 3.63) is 41.8 Å². The van der Waals surface area contributed by atoms with Crippen molar-refractivity contribution >= 4 is 0 Å². The van der Waals surface area contributed by atoms with Crippen molar-refractivity contribution in [2.24, 2.45) is 0 Å². The van der Waals surface area contributed by atoms with E-state index in [1.54, 1.807) is 0 Å². The third-order valence-electron chi connectivity index (χ3n) is 2.48. The lowest BCUT2D eigenvalue weighted by molar-refractivity contribution is 0.368. The third-order valence-corrected chi connectivity index (χ3v) is 2.48. The zero-order valence-corrected chi connectivity index (χ0v) is 9.32. The first-order chi connectivity index (χ1) is 7.20. The molecule has 0 radical (unpaired) electrons. The summed E-state index contributed by atoms with van der Waals surface area (Å²) < 4.78 is 5.36. The second-order valence-electron chi connectivity index (χ2n) is 4.03. The van der Waals surface area contributed by atoms with Crippen LogP contribution < -0.4 is 0 Å². The Bertz CT molecular complexity index is 443. The normalized spacial score (nSPS) is 10.9. The Morgan fingerprint density at radius 3 is 2.40 bits per heavy atom. The summed E-state index contributed by atoms with van der Waals surface area (Å²) in [6.45, 7) is 6.22. The van der Waals surface area contributed by atoms with Crippen LogP contribution in [0.5, 0.6) is 0 Å². The van der Waals surface area contributed by atoms with Crippen molar-refractivity contribution in [3.8, 4) is 11.1 Å². The van der Waals surface area contributed by atoms with Crippen LogP contribution in [0.1, 0.15) is 31.2 Å². The Morgan fingerprint density at radius 1 is 1.13 bits per heavy atom. The summed E-state index contributed by atoms with van der Waals surface area (Å²) in [5.74, 6) is 1.33. The van der Waals surface area contributed by atoms with E-state index in [1.165, 1.54) is 5.56 Å². The van der Waals surface area contributed by atoms with E-state index in [1.807, 2.05) is 25.1 Å². The van der Waals surface area contributed by atoms with Gasteiger partial charge in [-0.05, 0) is 12.5 Å². The van der Waals surface area contributed by atoms with Crippen molar-refractivity contribution in [3.63, 3.8) is 0 Å². The molecule has 15 heavy (non-hydrogen) atoms. The molecule has 2 aromatic rings. The molecule has 0 atom stereocenters. The lowest BCUT2D eigenvalue weighted by Crippen LogP contribution is -1.88. The minimum atomic E-state index is 0.362. The van der Waals surface area contributed by atoms with Gasteiger partial charge in [0.05, 0.1) is 5.69 Å². The Balaban J connectivity index is 2.57. The van der Waals surface area contributed by atoms with Crippen LogP contribution in [0.15, 0.2) is 34.9 Å². The molecule has 0 bridgehead atoms. The number of hydrogen-bond acceptors (Lipinski definition) is 2. The van der Waals surface area contributed by atoms with Crippen LogP contribution in [-0.4, -0.2) is 5.16 Å². The summed E-state index contributed by atoms with van der Waals surface area (Å²) in [6.07, 6.45) is 0. The van der Waals surface area contributed by atoms with Gasteiger partial charge in [0, 0.05) is 11.5 Å². The standard InChI is InChI=1S/C13H15NO/c1-9(2)13-12(10(3)14-15-13)11-7-5-4-6-8-11/h4-9H,1-3H3. The number of aryl methyl sites for hydroxylation is 1. The molecule has 2 heteroatoms. The molecule has 78 valence electrons. The second kappa shape index (κ2) is 3.89. The molecule has 0 saturated heterocycles. The molecule has 0 aliphatic carbocycles. The highest BCUT2D eigenvalue weighted by atomic mass is 16.5. The first-order valence-corrected chi connectivity index (χ1v) is 5.21. The van der Waals surface area contributed by atoms with Gasteiger partial charge in [-0.3, -0.25) is 0 Å². The van der Waals surface area contributed by atoms with E-state index >= 15 is 0 Å². The smallest absolute Gasteiger partial charge is 0.147 e. The van der Waals surface area contributed by atoms with Crippen molar-refractivity contribution in [2.45, 2.75) is 26.7 Å². The highest BCUT2D eigenvalue weighted by Crippen LogP contribution is 2.31. The van der Waals surface area contributed by atoms with E-state index in [0.29, 0.717) is 5.92 Å². The Labute approximate surface area is 89.9 Å². The SMILES string of the molecule is Cc1noc(C(C)C)c1-c1ccccc1. The third kappa shape index (κ3) is 1.80. The molecule has 0 aliphatic rings. The van der Waals surface area contributed by atoms with E-state index in [0.717, 1.165) is 17.0 Å². The maximum absolute atomic E-state index is 5.36. The minimum absolute atomic E-state index is 0.362. The fourth-order valence-electron chi connectivity index (χ4n) is 1.74. The first-order valence-electron chi connectivity index (χ1n) is 5.21. The van der Waals surface area contributed by atoms with Crippen molar-refractivity contribution < 1.29 is 4.52 Å². The topological polar surface area (TPSA) is 26.0 Å². The van der Waals surface area contributed by atoms with E-state index in [9.17, 15) is 0 Å². The largest absolute Gasteiger partial charge is 0.360 e. The van der Waals surface area contributed by atoms with Gasteiger partial charge in [-0.25, -0.2) is 0 Å². The number of rotatable bonds is 2. The monoisotopic (exact) mass is 201 g/mol. The van der Waals surface area contributed by atoms with Gasteiger partial charge in [0.15, 0.2) is 0 Å². The average Bonchev–Trinajstić information content (AvgIpc) is 2.61. The van der Waals surface area contributed by atoms with Gasteiger partial charge in [0.1, 0.15) is 5.76 Å². The van der Waals surface area contributed by atoms with E-state index in [-0.39, 0.29) is 0 Å². The second-order valence-corrected chi connectivity index (χ2v) is 4.03. The molecule has 1 aromatic carbocycles. The van der Waals surface area contributed by atoms with Gasteiger partial charge in [0.2, 0.25) is 0 Å². The zero-order chi connectivity index (χ0) is 10.8. The predicted molar refractivity (Wildman–Crippen MR) is 60.8 cm³/mol. The number of aromatic nitrogens is 1. The van der Waals surface area contributed by atoms with E-state index in [4.69, 9.17) is 4.52 Å². The Morgan fingerprint density at radius 2 is 1.80 bits per heavy atom. The van der Waals surface area contributed by atoms with Gasteiger partial charge in [-0.15, -0.1) is 0 Å². The quantitative estimate of drug-likeness (QED) is 0.739. The molecular weight excluding hydrogens is 186 g/mol. The molecule has 0 fully saturated rings. The Hall–Kier alpha value is -1.57. The lowest BCUT2D eigenvalue weighted by Gasteiger charge is -2.04. The summed E-state index contributed by atoms with van der Waals surface area (Å²) in [5.41, 5.74) is 3.29. The molecule has 2 rings (SSSR count). The summed E-state index contributed by atoms with van der Waals surface area (Å²) in [4.78, 5) is 0. The highest BCUT2D eigenvalue weighted by Gasteiger charge is 2.16. The highest BCUT2D eigenvalue weighted by molar-refractivity contribution is 5.68. The van der Waals surface area contributed by atoms with Crippen LogP contribution in [0, 0.1) is 6.92 Å². The van der Waals surface area contributed by atoms with Crippen molar-refractivity contribution in [1.82, 2.24) is 5.16 Å². The molecule has 1 aromatic heterocycles. The minimum Gasteiger partial charge on any atom is -0.360 e. The van der Waals surface area contributed by atoms with Gasteiger partial charge < -0.3 is 4.52 Å². The molecular formula is C13H15NO. The molecule has 0 aliphatic heterocycles. The molecule has 0 saturated carbocycles. The first kappa shape index (κ1) is 9.97. The summed E-state index contributed by atoms with van der Waals surface area (Å²) in [5, 5.41) is 4.04. The average molecular weight is 201 g/mol. The lowest BCUT2D eigenvalue weighted by atomic mass is 9.99. The van der Waals surface area contributed by atoms with Crippen LogP contribution in [-0.2, 0) is 0 Å². The van der Waals surface area contributed by atoms with Crippen molar-refractivity contribution in [2.75, 3.05) is 0 Å². The number of hydrogen-bond donors (Lipinski definition) is 0. The van der Waals surface area contributed by atoms with Crippen LogP contribution in [0.25, 0.3) is 11.1 Å². The van der Waals surface area contributed by atoms with Crippen LogP contribution >= 0.6 is 0 Å². The zero-order valence-electron chi connectivity index (χ0n) is 9.32. The molecule has 0 unspecified atom stereocenters. The van der Waals surface area contributed by atoms with E-state index < -0.39 is 0 Å². The fourth-order valence-corrected chi connectivity index (χ4v) is 1.74. The molecule has 1 heterocycles. The summed E-state index contributed by atoms with van der Waals surface area (Å²) in [7, 11) is 0. The molecule has 0 amide bonds. The summed E-state index contributed by atoms with van der Waals surface area (Å²) >= 11 is 0. The van der Waals surface area contributed by atoms with E-state index in [2.05, 4.69) is 31.1 Å². The van der Waals surface area contributed by atoms with Gasteiger partial charge in [0.25, 0.3) is 0 Å². The number of benzene rings is 1. The molecule has 0 N–H and O–H groups in total.